The highest BCUT2D eigenvalue weighted by Gasteiger charge is 2.46. The average molecular weight is 536 g/mol. The second-order valence-corrected chi connectivity index (χ2v) is 17.0. The van der Waals surface area contributed by atoms with Crippen LogP contribution in [-0.2, 0) is 21.3 Å². The Labute approximate surface area is 204 Å². The van der Waals surface area contributed by atoms with E-state index in [-0.39, 0.29) is 24.7 Å². The van der Waals surface area contributed by atoms with Gasteiger partial charge >= 0.3 is 6.18 Å². The quantitative estimate of drug-likeness (QED) is 0.385. The third-order valence-corrected chi connectivity index (χ3v) is 10.1. The maximum Gasteiger partial charge on any atom is 0.402 e. The molecule has 0 bridgehead atoms. The zero-order valence-electron chi connectivity index (χ0n) is 20.3. The van der Waals surface area contributed by atoms with E-state index in [1.54, 1.807) is 6.20 Å². The van der Waals surface area contributed by atoms with Gasteiger partial charge in [-0.05, 0) is 43.6 Å². The van der Waals surface area contributed by atoms with Crippen molar-refractivity contribution in [2.75, 3.05) is 36.9 Å². The van der Waals surface area contributed by atoms with E-state index in [2.05, 4.69) is 33.9 Å². The summed E-state index contributed by atoms with van der Waals surface area (Å²) in [6, 6.07) is 1.88. The van der Waals surface area contributed by atoms with Crippen LogP contribution < -0.4 is 0 Å². The SMILES string of the molecule is CCC1CC(S(=O)(=O)CC(F)(F)F)CC1c1nnc2cnc3c(ccn3COCCS(C)(C)C)n12. The van der Waals surface area contributed by atoms with Gasteiger partial charge in [-0.2, -0.15) is 13.2 Å². The number of nitrogens with zero attached hydrogens (tertiary/aromatic N) is 5. The Hall–Kier alpha value is -1.86. The fraction of sp³-hybridized carbons (Fsp3) is 0.682. The van der Waals surface area contributed by atoms with E-state index in [4.69, 9.17) is 4.74 Å². The molecule has 0 aliphatic heterocycles. The van der Waals surface area contributed by atoms with Gasteiger partial charge in [0, 0.05) is 17.9 Å². The Morgan fingerprint density at radius 2 is 1.91 bits per heavy atom. The van der Waals surface area contributed by atoms with Gasteiger partial charge in [-0.25, -0.2) is 23.4 Å². The van der Waals surface area contributed by atoms with Crippen molar-refractivity contribution in [2.24, 2.45) is 5.92 Å². The third kappa shape index (κ3) is 5.77. The summed E-state index contributed by atoms with van der Waals surface area (Å²) in [4.78, 5) is 4.51. The largest absolute Gasteiger partial charge is 0.402 e. The van der Waals surface area contributed by atoms with Crippen LogP contribution in [0.3, 0.4) is 0 Å². The summed E-state index contributed by atoms with van der Waals surface area (Å²) in [6.07, 6.45) is 6.34. The van der Waals surface area contributed by atoms with Crippen LogP contribution in [0.4, 0.5) is 13.2 Å². The van der Waals surface area contributed by atoms with Crippen LogP contribution >= 0.6 is 10.0 Å². The molecule has 0 amide bonds. The summed E-state index contributed by atoms with van der Waals surface area (Å²) in [7, 11) is -4.97. The summed E-state index contributed by atoms with van der Waals surface area (Å²) in [5, 5.41) is 7.52. The van der Waals surface area contributed by atoms with Crippen LogP contribution in [0.2, 0.25) is 0 Å². The van der Waals surface area contributed by atoms with Gasteiger partial charge in [0.05, 0.1) is 23.6 Å². The van der Waals surface area contributed by atoms with Crippen LogP contribution in [-0.4, -0.2) is 80.9 Å². The maximum atomic E-state index is 12.9. The molecule has 0 aromatic carbocycles. The fourth-order valence-electron chi connectivity index (χ4n) is 4.82. The molecule has 3 aromatic rings. The molecule has 0 radical (unpaired) electrons. The normalized spacial score (nSPS) is 22.4. The summed E-state index contributed by atoms with van der Waals surface area (Å²) >= 11 is 0. The van der Waals surface area contributed by atoms with Gasteiger partial charge in [0.15, 0.2) is 21.1 Å². The van der Waals surface area contributed by atoms with E-state index in [0.717, 1.165) is 11.3 Å². The summed E-state index contributed by atoms with van der Waals surface area (Å²) in [6.45, 7) is 2.91. The van der Waals surface area contributed by atoms with Gasteiger partial charge < -0.3 is 9.30 Å². The molecule has 1 saturated carbocycles. The van der Waals surface area contributed by atoms with E-state index in [1.165, 1.54) is 0 Å². The molecule has 3 heterocycles. The smallest absolute Gasteiger partial charge is 0.360 e. The molecule has 1 aliphatic rings. The van der Waals surface area contributed by atoms with Crippen molar-refractivity contribution in [3.8, 4) is 0 Å². The zero-order chi connectivity index (χ0) is 25.6. The molecule has 13 heteroatoms. The van der Waals surface area contributed by atoms with Crippen LogP contribution in [0.15, 0.2) is 18.5 Å². The van der Waals surface area contributed by atoms with E-state index in [0.29, 0.717) is 36.9 Å². The van der Waals surface area contributed by atoms with Crippen molar-refractivity contribution < 1.29 is 26.3 Å². The minimum absolute atomic E-state index is 0.0977. The number of hydrogen-bond donors (Lipinski definition) is 0. The van der Waals surface area contributed by atoms with Crippen molar-refractivity contribution in [1.29, 1.82) is 0 Å². The first-order valence-corrected chi connectivity index (χ1v) is 16.2. The predicted molar refractivity (Wildman–Crippen MR) is 132 cm³/mol. The number of hydrogen-bond acceptors (Lipinski definition) is 6. The van der Waals surface area contributed by atoms with Crippen molar-refractivity contribution in [1.82, 2.24) is 24.1 Å². The Morgan fingerprint density at radius 3 is 2.57 bits per heavy atom. The van der Waals surface area contributed by atoms with Gasteiger partial charge in [-0.15, -0.1) is 10.2 Å². The molecule has 35 heavy (non-hydrogen) atoms. The number of ether oxygens (including phenoxy) is 1. The van der Waals surface area contributed by atoms with Crippen molar-refractivity contribution >= 4 is 36.7 Å². The molecule has 1 fully saturated rings. The lowest BCUT2D eigenvalue weighted by molar-refractivity contribution is -0.106. The standard InChI is InChI=1S/C22H32F3N5O3S2/c1-5-15-10-16(35(31,32)13-22(23,24)25)11-17(15)20-28-27-19-12-26-21-18(30(19)20)6-7-29(21)14-33-8-9-34(2,3)4/h6-7,12,15-17H,5,8-11,13-14H2,1-4H3. The predicted octanol–water partition coefficient (Wildman–Crippen LogP) is 4.00. The molecule has 3 atom stereocenters. The fourth-order valence-corrected chi connectivity index (χ4v) is 7.17. The van der Waals surface area contributed by atoms with E-state index >= 15 is 0 Å². The molecule has 0 saturated heterocycles. The minimum atomic E-state index is -4.75. The first-order valence-electron chi connectivity index (χ1n) is 11.5. The Kier molecular flexibility index (Phi) is 7.15. The highest BCUT2D eigenvalue weighted by atomic mass is 32.3. The number of sulfone groups is 1. The summed E-state index contributed by atoms with van der Waals surface area (Å²) in [5.41, 5.74) is 1.94. The minimum Gasteiger partial charge on any atom is -0.360 e. The van der Waals surface area contributed by atoms with Crippen LogP contribution in [0.25, 0.3) is 16.8 Å². The molecule has 0 spiro atoms. The lowest BCUT2D eigenvalue weighted by Gasteiger charge is -2.24. The lowest BCUT2D eigenvalue weighted by atomic mass is 9.93. The highest BCUT2D eigenvalue weighted by Crippen LogP contribution is 2.44. The van der Waals surface area contributed by atoms with Gasteiger partial charge in [-0.3, -0.25) is 4.40 Å². The van der Waals surface area contributed by atoms with Crippen molar-refractivity contribution in [2.45, 2.75) is 50.3 Å². The van der Waals surface area contributed by atoms with Gasteiger partial charge in [-0.1, -0.05) is 13.3 Å². The molecule has 4 rings (SSSR count). The van der Waals surface area contributed by atoms with E-state index in [1.807, 2.05) is 28.2 Å². The molecule has 196 valence electrons. The first kappa shape index (κ1) is 26.2. The number of fused-ring (bicyclic) bond motifs is 3. The van der Waals surface area contributed by atoms with Crippen molar-refractivity contribution in [3.05, 3.63) is 24.3 Å². The molecule has 8 nitrogen and oxygen atoms in total. The summed E-state index contributed by atoms with van der Waals surface area (Å²) < 4.78 is 73.3. The monoisotopic (exact) mass is 535 g/mol. The maximum absolute atomic E-state index is 12.9. The van der Waals surface area contributed by atoms with Crippen LogP contribution in [0.5, 0.6) is 0 Å². The second-order valence-electron chi connectivity index (χ2n) is 10.1. The molecule has 0 N–H and O–H groups in total. The number of alkyl halides is 3. The van der Waals surface area contributed by atoms with E-state index in [9.17, 15) is 21.6 Å². The Bertz CT molecular complexity index is 1300. The number of aromatic nitrogens is 5. The summed E-state index contributed by atoms with van der Waals surface area (Å²) in [5.74, 6) is -0.647. The van der Waals surface area contributed by atoms with Crippen LogP contribution in [0.1, 0.15) is 37.9 Å². The molecular formula is C22H32F3N5O3S2. The van der Waals surface area contributed by atoms with Crippen molar-refractivity contribution in [3.63, 3.8) is 0 Å². The average Bonchev–Trinajstić information content (AvgIpc) is 3.44. The zero-order valence-corrected chi connectivity index (χ0v) is 22.0. The highest BCUT2D eigenvalue weighted by molar-refractivity contribution is 8.32. The first-order chi connectivity index (χ1) is 16.3. The molecule has 3 unspecified atom stereocenters. The van der Waals surface area contributed by atoms with Gasteiger partial charge in [0.25, 0.3) is 0 Å². The number of halogens is 3. The van der Waals surface area contributed by atoms with Gasteiger partial charge in [0.1, 0.15) is 18.3 Å². The third-order valence-electron chi connectivity index (χ3n) is 6.62. The van der Waals surface area contributed by atoms with Gasteiger partial charge in [0.2, 0.25) is 0 Å². The Balaban J connectivity index is 1.62. The topological polar surface area (TPSA) is 91.4 Å². The molecular weight excluding hydrogens is 503 g/mol. The lowest BCUT2D eigenvalue weighted by Crippen LogP contribution is -2.30. The Morgan fingerprint density at radius 1 is 1.17 bits per heavy atom. The second kappa shape index (κ2) is 9.55. The number of rotatable bonds is 9. The molecule has 3 aromatic heterocycles. The van der Waals surface area contributed by atoms with Crippen LogP contribution in [0, 0.1) is 5.92 Å². The van der Waals surface area contributed by atoms with E-state index < -0.39 is 37.0 Å². The molecule has 1 aliphatic carbocycles.